The Morgan fingerprint density at radius 3 is 2.39 bits per heavy atom. The minimum absolute atomic E-state index is 0.177. The smallest absolute Gasteiger partial charge is 0.0585 e. The van der Waals surface area contributed by atoms with Gasteiger partial charge in [0.05, 0.1) is 6.04 Å². The van der Waals surface area contributed by atoms with Crippen LogP contribution in [0.4, 0.5) is 0 Å². The molecular weight excluding hydrogens is 357 g/mol. The van der Waals surface area contributed by atoms with Crippen molar-refractivity contribution >= 4 is 34.2 Å². The number of hydrogen-bond acceptors (Lipinski definition) is 1. The summed E-state index contributed by atoms with van der Waals surface area (Å²) in [7, 11) is 1.97. The Hall–Kier alpha value is -0.580. The molecule has 1 nitrogen and oxygen atoms in total. The van der Waals surface area contributed by atoms with E-state index in [9.17, 15) is 0 Å². The van der Waals surface area contributed by atoms with Crippen molar-refractivity contribution in [1.82, 2.24) is 5.32 Å². The van der Waals surface area contributed by atoms with Crippen molar-refractivity contribution in [2.75, 3.05) is 7.05 Å². The van der Waals surface area contributed by atoms with Gasteiger partial charge >= 0.3 is 0 Å². The predicted octanol–water partition coefficient (Wildman–Crippen LogP) is 4.56. The molecule has 0 aliphatic rings. The van der Waals surface area contributed by atoms with Crippen LogP contribution in [0.2, 0.25) is 5.02 Å². The molecule has 0 saturated carbocycles. The largest absolute Gasteiger partial charge is 0.309 e. The highest BCUT2D eigenvalue weighted by Gasteiger charge is 2.15. The Morgan fingerprint density at radius 2 is 1.78 bits per heavy atom. The van der Waals surface area contributed by atoms with Crippen molar-refractivity contribution in [3.05, 3.63) is 67.7 Å². The van der Waals surface area contributed by atoms with Gasteiger partial charge in [0, 0.05) is 8.59 Å². The number of nitrogens with one attached hydrogen (secondary N) is 1. The average Bonchev–Trinajstić information content (AvgIpc) is 2.37. The van der Waals surface area contributed by atoms with E-state index in [2.05, 4.69) is 65.2 Å². The molecule has 0 aromatic heterocycles. The summed E-state index contributed by atoms with van der Waals surface area (Å²) in [5, 5.41) is 4.13. The number of hydrogen-bond donors (Lipinski definition) is 1. The first-order valence-corrected chi connectivity index (χ1v) is 7.26. The maximum absolute atomic E-state index is 6.10. The van der Waals surface area contributed by atoms with Gasteiger partial charge < -0.3 is 5.32 Å². The Kier molecular flexibility index (Phi) is 4.65. The highest BCUT2D eigenvalue weighted by Crippen LogP contribution is 2.28. The molecule has 0 amide bonds. The van der Waals surface area contributed by atoms with Crippen molar-refractivity contribution in [2.45, 2.75) is 13.0 Å². The van der Waals surface area contributed by atoms with Crippen LogP contribution in [0.5, 0.6) is 0 Å². The second kappa shape index (κ2) is 6.04. The SMILES string of the molecule is CNC(c1ccc(C)cc1)c1cc(Cl)ccc1I. The summed E-state index contributed by atoms with van der Waals surface area (Å²) in [6.07, 6.45) is 0. The molecule has 0 aliphatic carbocycles. The Morgan fingerprint density at radius 1 is 1.11 bits per heavy atom. The topological polar surface area (TPSA) is 12.0 Å². The Labute approximate surface area is 127 Å². The molecule has 0 heterocycles. The number of halogens is 2. The molecule has 1 atom stereocenters. The highest BCUT2D eigenvalue weighted by molar-refractivity contribution is 14.1. The van der Waals surface area contributed by atoms with Crippen LogP contribution in [0.1, 0.15) is 22.7 Å². The van der Waals surface area contributed by atoms with Gasteiger partial charge in [-0.1, -0.05) is 41.4 Å². The van der Waals surface area contributed by atoms with Gasteiger partial charge in [-0.05, 0) is 65.9 Å². The van der Waals surface area contributed by atoms with Crippen molar-refractivity contribution in [3.8, 4) is 0 Å². The van der Waals surface area contributed by atoms with Gasteiger partial charge in [0.1, 0.15) is 0 Å². The summed E-state index contributed by atoms with van der Waals surface area (Å²) >= 11 is 8.45. The molecule has 1 unspecified atom stereocenters. The molecule has 0 saturated heterocycles. The van der Waals surface area contributed by atoms with E-state index in [1.165, 1.54) is 20.3 Å². The second-order valence-electron chi connectivity index (χ2n) is 4.30. The molecule has 18 heavy (non-hydrogen) atoms. The molecule has 0 fully saturated rings. The van der Waals surface area contributed by atoms with E-state index in [0.717, 1.165) is 5.02 Å². The molecule has 3 heteroatoms. The molecule has 0 spiro atoms. The van der Waals surface area contributed by atoms with Gasteiger partial charge in [-0.2, -0.15) is 0 Å². The van der Waals surface area contributed by atoms with E-state index < -0.39 is 0 Å². The number of benzene rings is 2. The van der Waals surface area contributed by atoms with E-state index >= 15 is 0 Å². The average molecular weight is 372 g/mol. The Bertz CT molecular complexity index is 537. The third-order valence-electron chi connectivity index (χ3n) is 2.97. The van der Waals surface area contributed by atoms with Gasteiger partial charge in [0.2, 0.25) is 0 Å². The normalized spacial score (nSPS) is 12.4. The zero-order valence-corrected chi connectivity index (χ0v) is 13.3. The molecule has 0 aliphatic heterocycles. The van der Waals surface area contributed by atoms with Gasteiger partial charge in [-0.3, -0.25) is 0 Å². The highest BCUT2D eigenvalue weighted by atomic mass is 127. The van der Waals surface area contributed by atoms with E-state index in [-0.39, 0.29) is 6.04 Å². The van der Waals surface area contributed by atoms with Crippen molar-refractivity contribution < 1.29 is 0 Å². The summed E-state index contributed by atoms with van der Waals surface area (Å²) in [6.45, 7) is 2.10. The zero-order valence-electron chi connectivity index (χ0n) is 10.4. The first-order chi connectivity index (χ1) is 8.61. The monoisotopic (exact) mass is 371 g/mol. The van der Waals surface area contributed by atoms with Crippen LogP contribution in [0.15, 0.2) is 42.5 Å². The first-order valence-electron chi connectivity index (χ1n) is 5.80. The fraction of sp³-hybridized carbons (Fsp3) is 0.200. The van der Waals surface area contributed by atoms with E-state index in [1.54, 1.807) is 0 Å². The van der Waals surface area contributed by atoms with Crippen LogP contribution in [0, 0.1) is 10.5 Å². The minimum atomic E-state index is 0.177. The summed E-state index contributed by atoms with van der Waals surface area (Å²) in [5.41, 5.74) is 3.74. The second-order valence-corrected chi connectivity index (χ2v) is 5.90. The van der Waals surface area contributed by atoms with Gasteiger partial charge in [-0.25, -0.2) is 0 Å². The maximum Gasteiger partial charge on any atom is 0.0585 e. The molecule has 1 N–H and O–H groups in total. The summed E-state index contributed by atoms with van der Waals surface area (Å²) < 4.78 is 1.22. The molecule has 2 aromatic carbocycles. The van der Waals surface area contributed by atoms with Crippen LogP contribution in [0.3, 0.4) is 0 Å². The van der Waals surface area contributed by atoms with Gasteiger partial charge in [0.15, 0.2) is 0 Å². The van der Waals surface area contributed by atoms with Crippen LogP contribution in [-0.4, -0.2) is 7.05 Å². The molecule has 2 rings (SSSR count). The molecule has 2 aromatic rings. The molecule has 0 radical (unpaired) electrons. The van der Waals surface area contributed by atoms with Crippen molar-refractivity contribution in [3.63, 3.8) is 0 Å². The number of aryl methyl sites for hydroxylation is 1. The van der Waals surface area contributed by atoms with Crippen LogP contribution >= 0.6 is 34.2 Å². The van der Waals surface area contributed by atoms with Crippen LogP contribution in [-0.2, 0) is 0 Å². The lowest BCUT2D eigenvalue weighted by Crippen LogP contribution is -2.18. The van der Waals surface area contributed by atoms with Crippen molar-refractivity contribution in [1.29, 1.82) is 0 Å². The molecule has 0 bridgehead atoms. The van der Waals surface area contributed by atoms with Gasteiger partial charge in [-0.15, -0.1) is 0 Å². The lowest BCUT2D eigenvalue weighted by Gasteiger charge is -2.19. The Balaban J connectivity index is 2.44. The first kappa shape index (κ1) is 13.8. The summed E-state index contributed by atoms with van der Waals surface area (Å²) in [4.78, 5) is 0. The quantitative estimate of drug-likeness (QED) is 0.780. The van der Waals surface area contributed by atoms with Gasteiger partial charge in [0.25, 0.3) is 0 Å². The van der Waals surface area contributed by atoms with Crippen molar-refractivity contribution in [2.24, 2.45) is 0 Å². The summed E-state index contributed by atoms with van der Waals surface area (Å²) in [5.74, 6) is 0. The molecule has 94 valence electrons. The van der Waals surface area contributed by atoms with Crippen LogP contribution < -0.4 is 5.32 Å². The molecular formula is C15H15ClIN. The minimum Gasteiger partial charge on any atom is -0.309 e. The predicted molar refractivity (Wildman–Crippen MR) is 86.3 cm³/mol. The lowest BCUT2D eigenvalue weighted by molar-refractivity contribution is 0.688. The van der Waals surface area contributed by atoms with Crippen LogP contribution in [0.25, 0.3) is 0 Å². The van der Waals surface area contributed by atoms with E-state index in [4.69, 9.17) is 11.6 Å². The lowest BCUT2D eigenvalue weighted by atomic mass is 9.98. The fourth-order valence-corrected chi connectivity index (χ4v) is 2.82. The van der Waals surface area contributed by atoms with E-state index in [1.807, 2.05) is 19.2 Å². The number of rotatable bonds is 3. The zero-order chi connectivity index (χ0) is 13.1. The third kappa shape index (κ3) is 3.05. The standard InChI is InChI=1S/C15H15ClIN/c1-10-3-5-11(6-4-10)15(18-2)13-9-12(16)7-8-14(13)17/h3-9,15,18H,1-2H3. The summed E-state index contributed by atoms with van der Waals surface area (Å²) in [6, 6.07) is 14.8. The fourth-order valence-electron chi connectivity index (χ4n) is 2.00. The van der Waals surface area contributed by atoms with E-state index in [0.29, 0.717) is 0 Å². The maximum atomic E-state index is 6.10. The third-order valence-corrected chi connectivity index (χ3v) is 4.19.